The SMILES string of the molecule is CC(C)Oc1ncc(C2CCNCC2)cn1. The van der Waals surface area contributed by atoms with Crippen molar-refractivity contribution in [1.82, 2.24) is 15.3 Å². The normalized spacial score (nSPS) is 17.7. The van der Waals surface area contributed by atoms with Crippen LogP contribution in [0.1, 0.15) is 38.2 Å². The van der Waals surface area contributed by atoms with E-state index in [1.807, 2.05) is 26.2 Å². The first kappa shape index (κ1) is 11.3. The average molecular weight is 221 g/mol. The van der Waals surface area contributed by atoms with Gasteiger partial charge in [0.05, 0.1) is 6.10 Å². The highest BCUT2D eigenvalue weighted by atomic mass is 16.5. The van der Waals surface area contributed by atoms with Crippen LogP contribution in [0.5, 0.6) is 6.01 Å². The maximum Gasteiger partial charge on any atom is 0.316 e. The maximum absolute atomic E-state index is 5.42. The van der Waals surface area contributed by atoms with Crippen LogP contribution in [0.15, 0.2) is 12.4 Å². The Morgan fingerprint density at radius 2 is 1.88 bits per heavy atom. The number of piperidine rings is 1. The third kappa shape index (κ3) is 2.92. The van der Waals surface area contributed by atoms with Crippen molar-refractivity contribution in [2.75, 3.05) is 13.1 Å². The molecule has 0 bridgehead atoms. The second-order valence-electron chi connectivity index (χ2n) is 4.49. The largest absolute Gasteiger partial charge is 0.461 e. The molecule has 1 aromatic heterocycles. The van der Waals surface area contributed by atoms with E-state index in [0.717, 1.165) is 13.1 Å². The Balaban J connectivity index is 2.00. The van der Waals surface area contributed by atoms with Crippen molar-refractivity contribution in [2.24, 2.45) is 0 Å². The molecule has 0 spiro atoms. The predicted molar refractivity (Wildman–Crippen MR) is 62.6 cm³/mol. The van der Waals surface area contributed by atoms with Gasteiger partial charge in [-0.15, -0.1) is 0 Å². The molecular formula is C12H19N3O. The molecule has 0 aliphatic carbocycles. The summed E-state index contributed by atoms with van der Waals surface area (Å²) in [6, 6.07) is 0.479. The summed E-state index contributed by atoms with van der Waals surface area (Å²) in [5.74, 6) is 0.606. The van der Waals surface area contributed by atoms with Crippen LogP contribution in [-0.4, -0.2) is 29.2 Å². The van der Waals surface area contributed by atoms with Crippen LogP contribution in [0.25, 0.3) is 0 Å². The van der Waals surface area contributed by atoms with Crippen molar-refractivity contribution >= 4 is 0 Å². The summed E-state index contributed by atoms with van der Waals surface area (Å²) in [5, 5.41) is 3.36. The van der Waals surface area contributed by atoms with Gasteiger partial charge in [0.15, 0.2) is 0 Å². The molecule has 4 nitrogen and oxygen atoms in total. The van der Waals surface area contributed by atoms with Gasteiger partial charge in [-0.3, -0.25) is 0 Å². The first-order valence-electron chi connectivity index (χ1n) is 5.95. The third-order valence-corrected chi connectivity index (χ3v) is 2.80. The maximum atomic E-state index is 5.42. The Hall–Kier alpha value is -1.16. The molecule has 0 unspecified atom stereocenters. The Morgan fingerprint density at radius 1 is 1.25 bits per heavy atom. The van der Waals surface area contributed by atoms with Gasteiger partial charge in [-0.1, -0.05) is 0 Å². The van der Waals surface area contributed by atoms with Gasteiger partial charge in [0.2, 0.25) is 0 Å². The molecule has 1 saturated heterocycles. The number of hydrogen-bond donors (Lipinski definition) is 1. The molecule has 0 atom stereocenters. The molecule has 16 heavy (non-hydrogen) atoms. The smallest absolute Gasteiger partial charge is 0.316 e. The molecule has 0 saturated carbocycles. The summed E-state index contributed by atoms with van der Waals surface area (Å²) in [6.45, 7) is 6.14. The molecule has 1 N–H and O–H groups in total. The lowest BCUT2D eigenvalue weighted by molar-refractivity contribution is 0.221. The van der Waals surface area contributed by atoms with Gasteiger partial charge in [0.1, 0.15) is 0 Å². The Kier molecular flexibility index (Phi) is 3.72. The van der Waals surface area contributed by atoms with Crippen LogP contribution >= 0.6 is 0 Å². The Bertz CT molecular complexity index is 318. The van der Waals surface area contributed by atoms with Crippen molar-refractivity contribution in [1.29, 1.82) is 0 Å². The number of hydrogen-bond acceptors (Lipinski definition) is 4. The zero-order valence-corrected chi connectivity index (χ0v) is 9.94. The van der Waals surface area contributed by atoms with E-state index < -0.39 is 0 Å². The van der Waals surface area contributed by atoms with E-state index in [0.29, 0.717) is 11.9 Å². The van der Waals surface area contributed by atoms with Gasteiger partial charge < -0.3 is 10.1 Å². The van der Waals surface area contributed by atoms with Crippen molar-refractivity contribution in [2.45, 2.75) is 38.7 Å². The highest BCUT2D eigenvalue weighted by molar-refractivity contribution is 5.14. The summed E-state index contributed by atoms with van der Waals surface area (Å²) in [7, 11) is 0. The fourth-order valence-electron chi connectivity index (χ4n) is 1.96. The quantitative estimate of drug-likeness (QED) is 0.844. The van der Waals surface area contributed by atoms with Crippen molar-refractivity contribution in [3.8, 4) is 6.01 Å². The lowest BCUT2D eigenvalue weighted by Gasteiger charge is -2.22. The first-order valence-corrected chi connectivity index (χ1v) is 5.95. The van der Waals surface area contributed by atoms with E-state index >= 15 is 0 Å². The van der Waals surface area contributed by atoms with Crippen molar-refractivity contribution in [3.63, 3.8) is 0 Å². The second kappa shape index (κ2) is 5.25. The molecule has 1 aromatic rings. The Morgan fingerprint density at radius 3 is 2.44 bits per heavy atom. The fraction of sp³-hybridized carbons (Fsp3) is 0.667. The van der Waals surface area contributed by atoms with Crippen LogP contribution in [0.2, 0.25) is 0 Å². The van der Waals surface area contributed by atoms with E-state index in [4.69, 9.17) is 4.74 Å². The molecule has 4 heteroatoms. The molecule has 1 aliphatic heterocycles. The number of nitrogens with one attached hydrogen (secondary N) is 1. The minimum absolute atomic E-state index is 0.129. The number of aromatic nitrogens is 2. The molecule has 0 amide bonds. The average Bonchev–Trinajstić information content (AvgIpc) is 2.30. The lowest BCUT2D eigenvalue weighted by atomic mass is 9.92. The predicted octanol–water partition coefficient (Wildman–Crippen LogP) is 1.73. The second-order valence-corrected chi connectivity index (χ2v) is 4.49. The van der Waals surface area contributed by atoms with Gasteiger partial charge in [-0.25, -0.2) is 9.97 Å². The van der Waals surface area contributed by atoms with Crippen LogP contribution in [0, 0.1) is 0 Å². The van der Waals surface area contributed by atoms with Gasteiger partial charge in [0.25, 0.3) is 0 Å². The summed E-state index contributed by atoms with van der Waals surface area (Å²) in [5.41, 5.74) is 1.23. The van der Waals surface area contributed by atoms with E-state index in [1.165, 1.54) is 18.4 Å². The minimum Gasteiger partial charge on any atom is -0.461 e. The summed E-state index contributed by atoms with van der Waals surface area (Å²) in [6.07, 6.45) is 6.29. The molecule has 2 rings (SSSR count). The molecule has 0 aromatic carbocycles. The summed E-state index contributed by atoms with van der Waals surface area (Å²) < 4.78 is 5.42. The highest BCUT2D eigenvalue weighted by Crippen LogP contribution is 2.24. The monoisotopic (exact) mass is 221 g/mol. The molecule has 0 radical (unpaired) electrons. The summed E-state index contributed by atoms with van der Waals surface area (Å²) >= 11 is 0. The highest BCUT2D eigenvalue weighted by Gasteiger charge is 2.15. The van der Waals surface area contributed by atoms with Gasteiger partial charge in [-0.05, 0) is 51.3 Å². The van der Waals surface area contributed by atoms with Crippen molar-refractivity contribution in [3.05, 3.63) is 18.0 Å². The zero-order chi connectivity index (χ0) is 11.4. The van der Waals surface area contributed by atoms with E-state index in [2.05, 4.69) is 15.3 Å². The van der Waals surface area contributed by atoms with Gasteiger partial charge >= 0.3 is 6.01 Å². The molecule has 2 heterocycles. The fourth-order valence-corrected chi connectivity index (χ4v) is 1.96. The van der Waals surface area contributed by atoms with E-state index in [1.54, 1.807) is 0 Å². The van der Waals surface area contributed by atoms with Crippen LogP contribution < -0.4 is 10.1 Å². The topological polar surface area (TPSA) is 47.0 Å². The molecular weight excluding hydrogens is 202 g/mol. The molecule has 88 valence electrons. The van der Waals surface area contributed by atoms with Crippen LogP contribution in [-0.2, 0) is 0 Å². The third-order valence-electron chi connectivity index (χ3n) is 2.80. The number of rotatable bonds is 3. The van der Waals surface area contributed by atoms with E-state index in [-0.39, 0.29) is 6.10 Å². The minimum atomic E-state index is 0.129. The van der Waals surface area contributed by atoms with Gasteiger partial charge in [-0.2, -0.15) is 0 Å². The first-order chi connectivity index (χ1) is 7.75. The zero-order valence-electron chi connectivity index (χ0n) is 9.94. The molecule has 1 fully saturated rings. The van der Waals surface area contributed by atoms with E-state index in [9.17, 15) is 0 Å². The Labute approximate surface area is 96.4 Å². The molecule has 1 aliphatic rings. The number of nitrogens with zero attached hydrogens (tertiary/aromatic N) is 2. The van der Waals surface area contributed by atoms with Crippen LogP contribution in [0.3, 0.4) is 0 Å². The van der Waals surface area contributed by atoms with Gasteiger partial charge in [0, 0.05) is 12.4 Å². The van der Waals surface area contributed by atoms with Crippen molar-refractivity contribution < 1.29 is 4.74 Å². The lowest BCUT2D eigenvalue weighted by Crippen LogP contribution is -2.26. The van der Waals surface area contributed by atoms with Crippen LogP contribution in [0.4, 0.5) is 0 Å². The standard InChI is InChI=1S/C12H19N3O/c1-9(2)16-12-14-7-11(8-15-12)10-3-5-13-6-4-10/h7-10,13H,3-6H2,1-2H3. The number of ether oxygens (including phenoxy) is 1. The summed E-state index contributed by atoms with van der Waals surface area (Å²) in [4.78, 5) is 8.48.